The Morgan fingerprint density at radius 3 is 2.33 bits per heavy atom. The predicted molar refractivity (Wildman–Crippen MR) is 67.6 cm³/mol. The molecular formula is C14H17NO3. The van der Waals surface area contributed by atoms with Gasteiger partial charge in [-0.1, -0.05) is 12.1 Å². The molecule has 1 aliphatic rings. The summed E-state index contributed by atoms with van der Waals surface area (Å²) in [5, 5.41) is 2.69. The summed E-state index contributed by atoms with van der Waals surface area (Å²) in [7, 11) is 1.63. The number of amides is 1. The van der Waals surface area contributed by atoms with E-state index in [1.165, 1.54) is 12.5 Å². The number of carbonyl (C=O) groups is 2. The number of Topliss-reactive ketones (excluding diaryl/α,β-unsaturated/α-hetero) is 1. The fourth-order valence-corrected chi connectivity index (χ4v) is 2.04. The van der Waals surface area contributed by atoms with Gasteiger partial charge in [-0.25, -0.2) is 0 Å². The van der Waals surface area contributed by atoms with E-state index in [-0.39, 0.29) is 5.41 Å². The van der Waals surface area contributed by atoms with Crippen LogP contribution in [0.5, 0.6) is 5.75 Å². The first-order valence-electron chi connectivity index (χ1n) is 6.01. The monoisotopic (exact) mass is 247 g/mol. The third kappa shape index (κ3) is 2.53. The molecule has 0 bridgehead atoms. The molecule has 1 fully saturated rings. The molecule has 96 valence electrons. The predicted octanol–water partition coefficient (Wildman–Crippen LogP) is 1.43. The van der Waals surface area contributed by atoms with Gasteiger partial charge in [0.15, 0.2) is 0 Å². The minimum Gasteiger partial charge on any atom is -0.497 e. The van der Waals surface area contributed by atoms with Crippen LogP contribution in [0.2, 0.25) is 0 Å². The summed E-state index contributed by atoms with van der Waals surface area (Å²) in [6.07, 6.45) is 2.08. The molecule has 0 saturated heterocycles. The average molecular weight is 247 g/mol. The van der Waals surface area contributed by atoms with Crippen LogP contribution in [0.25, 0.3) is 0 Å². The fraction of sp³-hybridized carbons (Fsp3) is 0.429. The molecule has 2 rings (SSSR count). The number of hydrogen-bond acceptors (Lipinski definition) is 3. The molecule has 0 unspecified atom stereocenters. The highest BCUT2D eigenvalue weighted by Gasteiger charge is 2.44. The Kier molecular flexibility index (Phi) is 3.36. The van der Waals surface area contributed by atoms with Crippen LogP contribution in [0.15, 0.2) is 24.3 Å². The lowest BCUT2D eigenvalue weighted by Gasteiger charge is -2.16. The molecule has 1 aromatic carbocycles. The number of methoxy groups -OCH3 is 1. The van der Waals surface area contributed by atoms with E-state index in [1.54, 1.807) is 7.11 Å². The molecule has 0 aromatic heterocycles. The summed E-state index contributed by atoms with van der Waals surface area (Å²) < 4.78 is 5.12. The van der Waals surface area contributed by atoms with E-state index in [2.05, 4.69) is 5.32 Å². The minimum atomic E-state index is -0.505. The van der Waals surface area contributed by atoms with Crippen molar-refractivity contribution in [1.29, 1.82) is 0 Å². The summed E-state index contributed by atoms with van der Waals surface area (Å²) in [5.74, 6) is -0.127. The van der Waals surface area contributed by atoms with Gasteiger partial charge in [0.2, 0.25) is 5.78 Å². The van der Waals surface area contributed by atoms with Gasteiger partial charge in [-0.2, -0.15) is 0 Å². The highest BCUT2D eigenvalue weighted by atomic mass is 16.5. The molecule has 1 aromatic rings. The van der Waals surface area contributed by atoms with Gasteiger partial charge in [-0.3, -0.25) is 9.59 Å². The number of hydrogen-bond donors (Lipinski definition) is 1. The minimum absolute atomic E-state index is 0.0113. The van der Waals surface area contributed by atoms with Gasteiger partial charge < -0.3 is 10.1 Å². The zero-order valence-electron chi connectivity index (χ0n) is 10.7. The standard InChI is InChI=1S/C14H17NO3/c1-10(16)13(17)15-9-14(7-8-14)11-3-5-12(18-2)6-4-11/h3-6H,7-9H2,1-2H3,(H,15,17). The fourth-order valence-electron chi connectivity index (χ4n) is 2.04. The Labute approximate surface area is 106 Å². The zero-order chi connectivity index (χ0) is 13.2. The summed E-state index contributed by atoms with van der Waals surface area (Å²) in [6, 6.07) is 7.88. The van der Waals surface area contributed by atoms with Gasteiger partial charge in [-0.15, -0.1) is 0 Å². The van der Waals surface area contributed by atoms with Gasteiger partial charge in [0, 0.05) is 18.9 Å². The molecule has 1 aliphatic carbocycles. The Morgan fingerprint density at radius 1 is 1.28 bits per heavy atom. The molecule has 4 nitrogen and oxygen atoms in total. The number of rotatable bonds is 5. The molecule has 4 heteroatoms. The lowest BCUT2D eigenvalue weighted by molar-refractivity contribution is -0.136. The summed E-state index contributed by atoms with van der Waals surface area (Å²) in [6.45, 7) is 1.81. The number of ketones is 1. The van der Waals surface area contributed by atoms with Gasteiger partial charge in [0.1, 0.15) is 5.75 Å². The highest BCUT2D eigenvalue weighted by Crippen LogP contribution is 2.47. The van der Waals surface area contributed by atoms with Crippen molar-refractivity contribution in [2.75, 3.05) is 13.7 Å². The second kappa shape index (κ2) is 4.80. The first kappa shape index (κ1) is 12.6. The summed E-state index contributed by atoms with van der Waals surface area (Å²) in [4.78, 5) is 22.1. The van der Waals surface area contributed by atoms with Crippen molar-refractivity contribution in [3.63, 3.8) is 0 Å². The van der Waals surface area contributed by atoms with Gasteiger partial charge in [-0.05, 0) is 30.5 Å². The summed E-state index contributed by atoms with van der Waals surface area (Å²) in [5.41, 5.74) is 1.20. The van der Waals surface area contributed by atoms with Crippen molar-refractivity contribution in [2.24, 2.45) is 0 Å². The smallest absolute Gasteiger partial charge is 0.287 e. The topological polar surface area (TPSA) is 55.4 Å². The first-order valence-corrected chi connectivity index (χ1v) is 6.01. The number of carbonyl (C=O) groups excluding carboxylic acids is 2. The molecule has 0 atom stereocenters. The van der Waals surface area contributed by atoms with Crippen molar-refractivity contribution in [2.45, 2.75) is 25.2 Å². The Morgan fingerprint density at radius 2 is 1.89 bits per heavy atom. The largest absolute Gasteiger partial charge is 0.497 e. The van der Waals surface area contributed by atoms with Crippen LogP contribution < -0.4 is 10.1 Å². The van der Waals surface area contributed by atoms with Gasteiger partial charge in [0.25, 0.3) is 5.91 Å². The Bertz CT molecular complexity index is 460. The normalized spacial score (nSPS) is 15.9. The maximum Gasteiger partial charge on any atom is 0.287 e. The van der Waals surface area contributed by atoms with Crippen LogP contribution in [0.1, 0.15) is 25.3 Å². The van der Waals surface area contributed by atoms with Crippen molar-refractivity contribution in [1.82, 2.24) is 5.32 Å². The molecule has 0 heterocycles. The van der Waals surface area contributed by atoms with Crippen LogP contribution in [-0.4, -0.2) is 25.3 Å². The third-order valence-corrected chi connectivity index (χ3v) is 3.46. The molecule has 0 radical (unpaired) electrons. The molecule has 1 saturated carbocycles. The number of ether oxygens (including phenoxy) is 1. The Hall–Kier alpha value is -1.84. The van der Waals surface area contributed by atoms with Crippen molar-refractivity contribution < 1.29 is 14.3 Å². The molecular weight excluding hydrogens is 230 g/mol. The lowest BCUT2D eigenvalue weighted by atomic mass is 9.96. The van der Waals surface area contributed by atoms with Crippen LogP contribution in [-0.2, 0) is 15.0 Å². The van der Waals surface area contributed by atoms with E-state index in [4.69, 9.17) is 4.74 Å². The van der Waals surface area contributed by atoms with Crippen molar-refractivity contribution >= 4 is 11.7 Å². The van der Waals surface area contributed by atoms with E-state index in [0.29, 0.717) is 6.54 Å². The zero-order valence-corrected chi connectivity index (χ0v) is 10.7. The SMILES string of the molecule is COc1ccc(C2(CNC(=O)C(C)=O)CC2)cc1. The van der Waals surface area contributed by atoms with E-state index in [0.717, 1.165) is 18.6 Å². The highest BCUT2D eigenvalue weighted by molar-refractivity contribution is 6.35. The van der Waals surface area contributed by atoms with E-state index in [9.17, 15) is 9.59 Å². The quantitative estimate of drug-likeness (QED) is 0.801. The van der Waals surface area contributed by atoms with Crippen LogP contribution in [0, 0.1) is 0 Å². The Balaban J connectivity index is 2.02. The number of benzene rings is 1. The van der Waals surface area contributed by atoms with Crippen LogP contribution in [0.3, 0.4) is 0 Å². The maximum atomic E-state index is 11.3. The van der Waals surface area contributed by atoms with Crippen LogP contribution >= 0.6 is 0 Å². The molecule has 18 heavy (non-hydrogen) atoms. The third-order valence-electron chi connectivity index (χ3n) is 3.46. The van der Waals surface area contributed by atoms with E-state index >= 15 is 0 Å². The molecule has 1 amide bonds. The van der Waals surface area contributed by atoms with E-state index < -0.39 is 11.7 Å². The van der Waals surface area contributed by atoms with E-state index in [1.807, 2.05) is 24.3 Å². The van der Waals surface area contributed by atoms with Gasteiger partial charge >= 0.3 is 0 Å². The average Bonchev–Trinajstić information content (AvgIpc) is 3.17. The van der Waals surface area contributed by atoms with Crippen molar-refractivity contribution in [3.8, 4) is 5.75 Å². The first-order chi connectivity index (χ1) is 8.57. The van der Waals surface area contributed by atoms with Crippen LogP contribution in [0.4, 0.5) is 0 Å². The number of nitrogens with one attached hydrogen (secondary N) is 1. The molecule has 1 N–H and O–H groups in total. The summed E-state index contributed by atoms with van der Waals surface area (Å²) >= 11 is 0. The van der Waals surface area contributed by atoms with Gasteiger partial charge in [0.05, 0.1) is 7.11 Å². The molecule has 0 spiro atoms. The van der Waals surface area contributed by atoms with Crippen molar-refractivity contribution in [3.05, 3.63) is 29.8 Å². The molecule has 0 aliphatic heterocycles. The second-order valence-corrected chi connectivity index (χ2v) is 4.75. The lowest BCUT2D eigenvalue weighted by Crippen LogP contribution is -2.35. The second-order valence-electron chi connectivity index (χ2n) is 4.75. The maximum absolute atomic E-state index is 11.3.